The zero-order valence-corrected chi connectivity index (χ0v) is 13.0. The second kappa shape index (κ2) is 6.10. The fourth-order valence-electron chi connectivity index (χ4n) is 0.747. The molecule has 0 spiro atoms. The third-order valence-electron chi connectivity index (χ3n) is 1.50. The summed E-state index contributed by atoms with van der Waals surface area (Å²) in [6, 6.07) is 1.45. The third kappa shape index (κ3) is 3.64. The van der Waals surface area contributed by atoms with Crippen LogP contribution in [0.4, 0.5) is 0 Å². The van der Waals surface area contributed by atoms with E-state index in [2.05, 4.69) is 4.98 Å². The summed E-state index contributed by atoms with van der Waals surface area (Å²) in [4.78, 5) is 3.90. The van der Waals surface area contributed by atoms with Gasteiger partial charge in [-0.2, -0.15) is 4.98 Å². The molecule has 1 atom stereocenters. The lowest BCUT2D eigenvalue weighted by atomic mass is 10.5. The van der Waals surface area contributed by atoms with Gasteiger partial charge in [0.2, 0.25) is 5.88 Å². The summed E-state index contributed by atoms with van der Waals surface area (Å²) in [6.07, 6.45) is 1.79. The van der Waals surface area contributed by atoms with E-state index in [0.717, 1.165) is 0 Å². The van der Waals surface area contributed by atoms with Crippen LogP contribution >= 0.6 is 51.9 Å². The van der Waals surface area contributed by atoms with Crippen molar-refractivity contribution in [2.24, 2.45) is 0 Å². The van der Waals surface area contributed by atoms with Gasteiger partial charge in [-0.3, -0.25) is 0 Å². The maximum absolute atomic E-state index is 5.90. The first kappa shape index (κ1) is 14.8. The largest absolute Gasteiger partial charge is 0.416 e. The van der Waals surface area contributed by atoms with Crippen LogP contribution in [0.2, 0.25) is 15.2 Å². The van der Waals surface area contributed by atoms with Crippen LogP contribution in [0.25, 0.3) is 0 Å². The molecule has 0 fully saturated rings. The Morgan fingerprint density at radius 3 is 2.50 bits per heavy atom. The lowest BCUT2D eigenvalue weighted by Gasteiger charge is -2.18. The highest BCUT2D eigenvalue weighted by molar-refractivity contribution is 8.67. The van der Waals surface area contributed by atoms with Gasteiger partial charge in [0.1, 0.15) is 5.02 Å². The monoisotopic (exact) mass is 337 g/mol. The third-order valence-corrected chi connectivity index (χ3v) is 7.76. The Balaban J connectivity index is 3.06. The molecule has 0 amide bonds. The van der Waals surface area contributed by atoms with E-state index in [-0.39, 0.29) is 21.1 Å². The van der Waals surface area contributed by atoms with Gasteiger partial charge in [-0.15, -0.1) is 0 Å². The van der Waals surface area contributed by atoms with Crippen molar-refractivity contribution < 1.29 is 9.05 Å². The van der Waals surface area contributed by atoms with Crippen LogP contribution in [0.5, 0.6) is 5.88 Å². The summed E-state index contributed by atoms with van der Waals surface area (Å²) in [5, 5.41) is 0.614. The average Bonchev–Trinajstić information content (AvgIpc) is 2.25. The van der Waals surface area contributed by atoms with Crippen LogP contribution in [-0.2, 0) is 16.3 Å². The van der Waals surface area contributed by atoms with Crippen molar-refractivity contribution in [1.82, 2.24) is 4.98 Å². The molecule has 0 radical (unpaired) electrons. The van der Waals surface area contributed by atoms with Gasteiger partial charge in [0.05, 0.1) is 5.02 Å². The Hall–Kier alpha value is 0.780. The maximum atomic E-state index is 5.90. The fraction of sp³-hybridized carbons (Fsp3) is 0.286. The van der Waals surface area contributed by atoms with Gasteiger partial charge in [-0.05, 0) is 24.1 Å². The molecule has 3 nitrogen and oxygen atoms in total. The number of aromatic nitrogens is 1. The van der Waals surface area contributed by atoms with E-state index in [1.807, 2.05) is 0 Å². The lowest BCUT2D eigenvalue weighted by molar-refractivity contribution is 0.404. The van der Waals surface area contributed by atoms with Crippen LogP contribution in [0.3, 0.4) is 0 Å². The average molecular weight is 339 g/mol. The van der Waals surface area contributed by atoms with Gasteiger partial charge >= 0.3 is 0 Å². The molecule has 0 N–H and O–H groups in total. The highest BCUT2D eigenvalue weighted by Crippen LogP contribution is 2.59. The van der Waals surface area contributed by atoms with Crippen LogP contribution in [0, 0.1) is 0 Å². The molecular formula is C7H7Cl3NO2PS2. The molecule has 1 heterocycles. The smallest absolute Gasteiger partial charge is 0.298 e. The second-order valence-corrected chi connectivity index (χ2v) is 10.1. The van der Waals surface area contributed by atoms with Gasteiger partial charge in [0.25, 0.3) is 5.69 Å². The standard InChI is InChI=1S/C7H7Cl3NO2PS2/c1-12-14(15,16-2)13-7-5(9)3-4(8)6(10)11-7/h3H,1-2H3. The molecule has 0 bridgehead atoms. The van der Waals surface area contributed by atoms with E-state index in [0.29, 0.717) is 0 Å². The minimum absolute atomic E-state index is 0.111. The lowest BCUT2D eigenvalue weighted by Crippen LogP contribution is -1.94. The fourth-order valence-corrected chi connectivity index (χ4v) is 3.07. The Bertz CT molecular complexity index is 438. The summed E-state index contributed by atoms with van der Waals surface area (Å²) in [6.45, 7) is 0. The first-order valence-electron chi connectivity index (χ1n) is 3.84. The van der Waals surface area contributed by atoms with Crippen molar-refractivity contribution in [1.29, 1.82) is 0 Å². The minimum Gasteiger partial charge on any atom is -0.416 e. The van der Waals surface area contributed by atoms with Gasteiger partial charge in [0, 0.05) is 7.11 Å². The highest BCUT2D eigenvalue weighted by atomic mass is 35.5. The van der Waals surface area contributed by atoms with Crippen molar-refractivity contribution in [3.05, 3.63) is 21.3 Å². The van der Waals surface area contributed by atoms with E-state index >= 15 is 0 Å². The van der Waals surface area contributed by atoms with Crippen LogP contribution in [0.1, 0.15) is 0 Å². The number of hydrogen-bond acceptors (Lipinski definition) is 5. The quantitative estimate of drug-likeness (QED) is 0.589. The molecule has 0 aliphatic carbocycles. The van der Waals surface area contributed by atoms with E-state index in [9.17, 15) is 0 Å². The summed E-state index contributed by atoms with van der Waals surface area (Å²) in [5.74, 6) is 0.135. The molecule has 1 rings (SSSR count). The van der Waals surface area contributed by atoms with Crippen molar-refractivity contribution >= 4 is 63.7 Å². The maximum Gasteiger partial charge on any atom is 0.298 e. The molecule has 9 heteroatoms. The zero-order valence-electron chi connectivity index (χ0n) is 8.24. The molecule has 1 unspecified atom stereocenters. The van der Waals surface area contributed by atoms with Crippen molar-refractivity contribution in [2.45, 2.75) is 0 Å². The van der Waals surface area contributed by atoms with Crippen LogP contribution in [0.15, 0.2) is 6.07 Å². The molecular weight excluding hydrogens is 332 g/mol. The Labute approximate surface area is 118 Å². The molecule has 1 aromatic rings. The van der Waals surface area contributed by atoms with Gasteiger partial charge in [-0.1, -0.05) is 46.2 Å². The van der Waals surface area contributed by atoms with Crippen LogP contribution < -0.4 is 4.52 Å². The minimum atomic E-state index is -2.46. The first-order valence-corrected chi connectivity index (χ1v) is 9.44. The number of halogens is 3. The van der Waals surface area contributed by atoms with E-state index < -0.39 is 5.69 Å². The molecule has 0 aliphatic rings. The van der Waals surface area contributed by atoms with Crippen LogP contribution in [-0.4, -0.2) is 18.3 Å². The summed E-state index contributed by atoms with van der Waals surface area (Å²) in [7, 11) is 1.47. The molecule has 16 heavy (non-hydrogen) atoms. The molecule has 0 saturated heterocycles. The molecule has 0 saturated carbocycles. The van der Waals surface area contributed by atoms with E-state index in [1.54, 1.807) is 6.26 Å². The zero-order chi connectivity index (χ0) is 12.3. The molecule has 90 valence electrons. The second-order valence-electron chi connectivity index (χ2n) is 2.45. The predicted molar refractivity (Wildman–Crippen MR) is 74.7 cm³/mol. The summed E-state index contributed by atoms with van der Waals surface area (Å²) < 4.78 is 10.6. The topological polar surface area (TPSA) is 31.4 Å². The first-order chi connectivity index (χ1) is 7.41. The SMILES string of the molecule is COP(=S)(Oc1nc(Cl)c(Cl)cc1Cl)SC. The van der Waals surface area contributed by atoms with Gasteiger partial charge in [-0.25, -0.2) is 0 Å². The summed E-state index contributed by atoms with van der Waals surface area (Å²) in [5.41, 5.74) is -2.46. The van der Waals surface area contributed by atoms with Crippen molar-refractivity contribution in [3.8, 4) is 5.88 Å². The molecule has 0 aromatic carbocycles. The number of pyridine rings is 1. The van der Waals surface area contributed by atoms with Crippen molar-refractivity contribution in [2.75, 3.05) is 13.4 Å². The molecule has 0 aliphatic heterocycles. The normalized spacial score (nSPS) is 14.6. The van der Waals surface area contributed by atoms with Crippen molar-refractivity contribution in [3.63, 3.8) is 0 Å². The highest BCUT2D eigenvalue weighted by Gasteiger charge is 2.21. The predicted octanol–water partition coefficient (Wildman–Crippen LogP) is 4.65. The summed E-state index contributed by atoms with van der Waals surface area (Å²) >= 11 is 23.9. The van der Waals surface area contributed by atoms with Gasteiger partial charge in [0.15, 0.2) is 5.15 Å². The number of rotatable bonds is 4. The molecule has 1 aromatic heterocycles. The van der Waals surface area contributed by atoms with E-state index in [1.165, 1.54) is 24.6 Å². The Morgan fingerprint density at radius 1 is 1.38 bits per heavy atom. The Kier molecular flexibility index (Phi) is 5.65. The number of nitrogens with zero attached hydrogens (tertiary/aromatic N) is 1. The Morgan fingerprint density at radius 2 is 2.00 bits per heavy atom. The number of hydrogen-bond donors (Lipinski definition) is 0. The van der Waals surface area contributed by atoms with E-state index in [4.69, 9.17) is 55.7 Å². The van der Waals surface area contributed by atoms with Gasteiger partial charge < -0.3 is 9.05 Å².